The first-order valence-corrected chi connectivity index (χ1v) is 6.36. The van der Waals surface area contributed by atoms with E-state index < -0.39 is 11.7 Å². The number of nitrogens with zero attached hydrogens (tertiary/aromatic N) is 1. The summed E-state index contributed by atoms with van der Waals surface area (Å²) in [4.78, 5) is 15.5. The molecule has 102 valence electrons. The Morgan fingerprint density at radius 1 is 1.40 bits per heavy atom. The number of ether oxygens (including phenoxy) is 1. The third-order valence-electron chi connectivity index (χ3n) is 3.22. The quantitative estimate of drug-likeness (QED) is 0.929. The van der Waals surface area contributed by atoms with Crippen molar-refractivity contribution in [3.63, 3.8) is 0 Å². The molecule has 4 nitrogen and oxygen atoms in total. The van der Waals surface area contributed by atoms with Crippen LogP contribution < -0.4 is 10.1 Å². The number of hydrogen-bond donors (Lipinski definition) is 1. The van der Waals surface area contributed by atoms with Crippen LogP contribution in [0.15, 0.2) is 42.7 Å². The number of hydrogen-bond acceptors (Lipinski definition) is 3. The molecule has 0 saturated carbocycles. The van der Waals surface area contributed by atoms with Crippen molar-refractivity contribution in [3.05, 3.63) is 59.7 Å². The largest absolute Gasteiger partial charge is 0.488 e. The van der Waals surface area contributed by atoms with E-state index in [-0.39, 0.29) is 11.7 Å². The van der Waals surface area contributed by atoms with Crippen LogP contribution in [0.1, 0.15) is 15.9 Å². The zero-order chi connectivity index (χ0) is 13.9. The number of halogens is 1. The molecule has 1 aromatic carbocycles. The number of rotatable bonds is 3. The topological polar surface area (TPSA) is 51.2 Å². The number of para-hydroxylation sites is 1. The maximum absolute atomic E-state index is 13.4. The second-order valence-electron chi connectivity index (χ2n) is 4.62. The van der Waals surface area contributed by atoms with Gasteiger partial charge in [0.1, 0.15) is 11.9 Å². The molecule has 0 saturated heterocycles. The van der Waals surface area contributed by atoms with Gasteiger partial charge in [0.2, 0.25) is 0 Å². The van der Waals surface area contributed by atoms with E-state index in [0.29, 0.717) is 6.54 Å². The third kappa shape index (κ3) is 2.47. The summed E-state index contributed by atoms with van der Waals surface area (Å²) >= 11 is 0. The van der Waals surface area contributed by atoms with Gasteiger partial charge in [0.25, 0.3) is 5.91 Å². The minimum atomic E-state index is -0.624. The Balaban J connectivity index is 1.59. The fraction of sp³-hybridized carbons (Fsp3) is 0.200. The lowest BCUT2D eigenvalue weighted by molar-refractivity contribution is 0.0929. The minimum Gasteiger partial charge on any atom is -0.488 e. The van der Waals surface area contributed by atoms with Gasteiger partial charge in [-0.15, -0.1) is 0 Å². The maximum atomic E-state index is 13.4. The Labute approximate surface area is 115 Å². The molecule has 1 atom stereocenters. The van der Waals surface area contributed by atoms with Crippen LogP contribution in [0, 0.1) is 5.82 Å². The fourth-order valence-electron chi connectivity index (χ4n) is 2.23. The fourth-order valence-corrected chi connectivity index (χ4v) is 2.23. The highest BCUT2D eigenvalue weighted by Gasteiger charge is 2.23. The van der Waals surface area contributed by atoms with E-state index in [9.17, 15) is 9.18 Å². The Hall–Kier alpha value is -2.43. The molecule has 1 aliphatic rings. The summed E-state index contributed by atoms with van der Waals surface area (Å²) in [6.07, 6.45) is 3.05. The number of amides is 1. The molecular formula is C15H13FN2O2. The Kier molecular flexibility index (Phi) is 3.33. The highest BCUT2D eigenvalue weighted by atomic mass is 19.1. The van der Waals surface area contributed by atoms with Gasteiger partial charge < -0.3 is 10.1 Å². The van der Waals surface area contributed by atoms with E-state index in [4.69, 9.17) is 4.74 Å². The van der Waals surface area contributed by atoms with Crippen LogP contribution in [0.5, 0.6) is 5.75 Å². The number of pyridine rings is 1. The molecular weight excluding hydrogens is 259 g/mol. The van der Waals surface area contributed by atoms with E-state index in [1.807, 2.05) is 24.3 Å². The van der Waals surface area contributed by atoms with Gasteiger partial charge >= 0.3 is 0 Å². The average Bonchev–Trinajstić information content (AvgIpc) is 2.88. The Morgan fingerprint density at radius 3 is 3.05 bits per heavy atom. The van der Waals surface area contributed by atoms with Crippen molar-refractivity contribution in [2.45, 2.75) is 12.5 Å². The number of fused-ring (bicyclic) bond motifs is 1. The predicted molar refractivity (Wildman–Crippen MR) is 71.1 cm³/mol. The zero-order valence-electron chi connectivity index (χ0n) is 10.7. The lowest BCUT2D eigenvalue weighted by Gasteiger charge is -2.12. The van der Waals surface area contributed by atoms with Gasteiger partial charge in [-0.3, -0.25) is 9.78 Å². The Morgan fingerprint density at radius 2 is 2.25 bits per heavy atom. The zero-order valence-corrected chi connectivity index (χ0v) is 10.7. The van der Waals surface area contributed by atoms with E-state index in [1.165, 1.54) is 12.3 Å². The molecule has 1 aliphatic heterocycles. The molecule has 20 heavy (non-hydrogen) atoms. The van der Waals surface area contributed by atoms with Crippen LogP contribution in [-0.4, -0.2) is 23.5 Å². The van der Waals surface area contributed by atoms with Crippen molar-refractivity contribution in [1.29, 1.82) is 0 Å². The van der Waals surface area contributed by atoms with E-state index in [2.05, 4.69) is 10.3 Å². The predicted octanol–water partition coefficient (Wildman–Crippen LogP) is 1.95. The van der Waals surface area contributed by atoms with Crippen LogP contribution in [-0.2, 0) is 6.42 Å². The molecule has 1 N–H and O–H groups in total. The maximum Gasteiger partial charge on any atom is 0.254 e. The first kappa shape index (κ1) is 12.6. The van der Waals surface area contributed by atoms with Crippen LogP contribution >= 0.6 is 0 Å². The van der Waals surface area contributed by atoms with Crippen molar-refractivity contribution in [2.75, 3.05) is 6.54 Å². The van der Waals surface area contributed by atoms with Gasteiger partial charge in [-0.1, -0.05) is 18.2 Å². The number of benzene rings is 1. The summed E-state index contributed by atoms with van der Waals surface area (Å²) in [5.74, 6) is -0.230. The first-order chi connectivity index (χ1) is 9.74. The molecule has 0 bridgehead atoms. The van der Waals surface area contributed by atoms with Crippen LogP contribution in [0.3, 0.4) is 0 Å². The van der Waals surface area contributed by atoms with Gasteiger partial charge in [-0.05, 0) is 17.7 Å². The van der Waals surface area contributed by atoms with Crippen LogP contribution in [0.25, 0.3) is 0 Å². The van der Waals surface area contributed by atoms with Gasteiger partial charge in [0.05, 0.1) is 18.3 Å². The smallest absolute Gasteiger partial charge is 0.254 e. The Bertz CT molecular complexity index is 620. The molecule has 2 aromatic rings. The first-order valence-electron chi connectivity index (χ1n) is 6.36. The van der Waals surface area contributed by atoms with Crippen molar-refractivity contribution in [1.82, 2.24) is 10.3 Å². The molecule has 0 radical (unpaired) electrons. The summed E-state index contributed by atoms with van der Waals surface area (Å²) in [7, 11) is 0. The van der Waals surface area contributed by atoms with Crippen molar-refractivity contribution in [3.8, 4) is 5.75 Å². The van der Waals surface area contributed by atoms with Gasteiger partial charge in [0.15, 0.2) is 5.82 Å². The molecule has 0 spiro atoms. The minimum absolute atomic E-state index is 0.00416. The second-order valence-corrected chi connectivity index (χ2v) is 4.62. The number of nitrogens with one attached hydrogen (secondary N) is 1. The summed E-state index contributed by atoms with van der Waals surface area (Å²) in [6.45, 7) is 0.343. The lowest BCUT2D eigenvalue weighted by atomic mass is 10.1. The van der Waals surface area contributed by atoms with Gasteiger partial charge in [0, 0.05) is 12.6 Å². The number of aromatic nitrogens is 1. The van der Waals surface area contributed by atoms with E-state index in [0.717, 1.165) is 23.9 Å². The standard InChI is InChI=1S/C15H13FN2O2/c16-13-9-17-6-5-12(13)15(19)18-8-11-7-10-3-1-2-4-14(10)20-11/h1-6,9,11H,7-8H2,(H,18,19). The third-order valence-corrected chi connectivity index (χ3v) is 3.22. The second kappa shape index (κ2) is 5.28. The summed E-state index contributed by atoms with van der Waals surface area (Å²) in [5, 5.41) is 2.68. The number of carbonyl (C=O) groups is 1. The van der Waals surface area contributed by atoms with E-state index >= 15 is 0 Å². The van der Waals surface area contributed by atoms with Gasteiger partial charge in [-0.25, -0.2) is 4.39 Å². The van der Waals surface area contributed by atoms with E-state index in [1.54, 1.807) is 0 Å². The normalized spacial score (nSPS) is 16.4. The molecule has 1 amide bonds. The molecule has 2 heterocycles. The molecule has 5 heteroatoms. The highest BCUT2D eigenvalue weighted by Crippen LogP contribution is 2.27. The van der Waals surface area contributed by atoms with Crippen LogP contribution in [0.4, 0.5) is 4.39 Å². The monoisotopic (exact) mass is 272 g/mol. The van der Waals surface area contributed by atoms with Crippen molar-refractivity contribution in [2.24, 2.45) is 0 Å². The van der Waals surface area contributed by atoms with Crippen molar-refractivity contribution < 1.29 is 13.9 Å². The SMILES string of the molecule is O=C(NCC1Cc2ccccc2O1)c1ccncc1F. The van der Waals surface area contributed by atoms with Gasteiger partial charge in [-0.2, -0.15) is 0 Å². The summed E-state index contributed by atoms with van der Waals surface area (Å²) in [5.41, 5.74) is 1.12. The lowest BCUT2D eigenvalue weighted by Crippen LogP contribution is -2.34. The summed E-state index contributed by atoms with van der Waals surface area (Å²) in [6, 6.07) is 9.12. The van der Waals surface area contributed by atoms with Crippen LogP contribution in [0.2, 0.25) is 0 Å². The van der Waals surface area contributed by atoms with Crippen molar-refractivity contribution >= 4 is 5.91 Å². The average molecular weight is 272 g/mol. The molecule has 1 unspecified atom stereocenters. The highest BCUT2D eigenvalue weighted by molar-refractivity contribution is 5.94. The summed E-state index contributed by atoms with van der Waals surface area (Å²) < 4.78 is 19.1. The number of carbonyl (C=O) groups excluding carboxylic acids is 1. The molecule has 0 aliphatic carbocycles. The molecule has 3 rings (SSSR count). The molecule has 1 aromatic heterocycles. The molecule has 0 fully saturated rings.